The minimum absolute atomic E-state index is 0.0652. The average molecular weight is 351 g/mol. The van der Waals surface area contributed by atoms with Crippen molar-refractivity contribution in [1.29, 1.82) is 0 Å². The molecule has 1 aliphatic rings. The van der Waals surface area contributed by atoms with Crippen LogP contribution in [0.1, 0.15) is 29.8 Å². The fourth-order valence-corrected chi connectivity index (χ4v) is 2.85. The Kier molecular flexibility index (Phi) is 4.98. The van der Waals surface area contributed by atoms with E-state index in [1.165, 1.54) is 18.8 Å². The second-order valence-corrected chi connectivity index (χ2v) is 6.15. The number of halogens is 2. The van der Waals surface area contributed by atoms with E-state index in [4.69, 9.17) is 23.2 Å². The van der Waals surface area contributed by atoms with Gasteiger partial charge in [-0.1, -0.05) is 29.3 Å². The van der Waals surface area contributed by atoms with Crippen molar-refractivity contribution >= 4 is 40.6 Å². The fourth-order valence-electron chi connectivity index (χ4n) is 2.50. The summed E-state index contributed by atoms with van der Waals surface area (Å²) in [5, 5.41) is 3.92. The summed E-state index contributed by atoms with van der Waals surface area (Å²) in [6.07, 6.45) is 6.28. The van der Waals surface area contributed by atoms with Crippen LogP contribution in [0.2, 0.25) is 10.0 Å². The smallest absolute Gasteiger partial charge is 0.274 e. The van der Waals surface area contributed by atoms with Crippen LogP contribution in [0.5, 0.6) is 0 Å². The quantitative estimate of drug-likeness (QED) is 0.902. The molecule has 1 saturated heterocycles. The van der Waals surface area contributed by atoms with Gasteiger partial charge in [-0.3, -0.25) is 4.79 Å². The molecule has 0 spiro atoms. The minimum atomic E-state index is -0.0652. The number of aromatic nitrogens is 2. The number of nitrogens with one attached hydrogen (secondary N) is 1. The Balaban J connectivity index is 1.71. The van der Waals surface area contributed by atoms with Gasteiger partial charge in [-0.2, -0.15) is 0 Å². The van der Waals surface area contributed by atoms with Crippen molar-refractivity contribution in [3.63, 3.8) is 0 Å². The van der Waals surface area contributed by atoms with Gasteiger partial charge in [0.15, 0.2) is 0 Å². The number of likely N-dealkylation sites (tertiary alicyclic amines) is 1. The third-order valence-electron chi connectivity index (χ3n) is 3.73. The van der Waals surface area contributed by atoms with E-state index in [9.17, 15) is 4.79 Å². The van der Waals surface area contributed by atoms with Crippen molar-refractivity contribution < 1.29 is 4.79 Å². The number of hydrogen-bond donors (Lipinski definition) is 1. The van der Waals surface area contributed by atoms with Gasteiger partial charge in [-0.15, -0.1) is 0 Å². The Labute approximate surface area is 144 Å². The molecule has 1 amide bonds. The second-order valence-electron chi connectivity index (χ2n) is 5.37. The summed E-state index contributed by atoms with van der Waals surface area (Å²) in [6.45, 7) is 1.58. The number of amides is 1. The highest BCUT2D eigenvalue weighted by molar-refractivity contribution is 6.43. The van der Waals surface area contributed by atoms with E-state index in [1.807, 2.05) is 4.90 Å². The molecule has 1 N–H and O–H groups in total. The third-order valence-corrected chi connectivity index (χ3v) is 4.55. The predicted molar refractivity (Wildman–Crippen MR) is 91.5 cm³/mol. The molecule has 23 heavy (non-hydrogen) atoms. The number of nitrogens with zero attached hydrogens (tertiary/aromatic N) is 3. The Bertz CT molecular complexity index is 700. The first-order chi connectivity index (χ1) is 11.1. The highest BCUT2D eigenvalue weighted by Gasteiger charge is 2.19. The van der Waals surface area contributed by atoms with Crippen molar-refractivity contribution in [2.75, 3.05) is 18.4 Å². The lowest BCUT2D eigenvalue weighted by atomic mass is 10.1. The standard InChI is InChI=1S/C16H16Cl2N4O/c17-11-5-4-6-12(15(11)18)21-14-10-19-13(9-20-14)16(23)22-7-2-1-3-8-22/h4-6,9-10H,1-3,7-8H2,(H,20,21). The molecule has 1 fully saturated rings. The Morgan fingerprint density at radius 1 is 1.09 bits per heavy atom. The van der Waals surface area contributed by atoms with Crippen molar-refractivity contribution in [1.82, 2.24) is 14.9 Å². The molecule has 2 heterocycles. The summed E-state index contributed by atoms with van der Waals surface area (Å²) in [5.41, 5.74) is 0.998. The SMILES string of the molecule is O=C(c1cnc(Nc2cccc(Cl)c2Cl)cn1)N1CCCCC1. The molecule has 5 nitrogen and oxygen atoms in total. The molecule has 0 unspecified atom stereocenters. The van der Waals surface area contributed by atoms with Crippen LogP contribution >= 0.6 is 23.2 Å². The molecular formula is C16H16Cl2N4O. The summed E-state index contributed by atoms with van der Waals surface area (Å²) in [4.78, 5) is 22.6. The number of carbonyl (C=O) groups is 1. The van der Waals surface area contributed by atoms with Crippen LogP contribution in [0.25, 0.3) is 0 Å². The van der Waals surface area contributed by atoms with E-state index in [0.717, 1.165) is 25.9 Å². The molecule has 0 aliphatic carbocycles. The number of hydrogen-bond acceptors (Lipinski definition) is 4. The summed E-state index contributed by atoms with van der Waals surface area (Å²) in [6, 6.07) is 5.29. The molecule has 2 aromatic rings. The van der Waals surface area contributed by atoms with Gasteiger partial charge in [0.1, 0.15) is 11.5 Å². The maximum absolute atomic E-state index is 12.3. The third kappa shape index (κ3) is 3.74. The minimum Gasteiger partial charge on any atom is -0.338 e. The Hall–Kier alpha value is -1.85. The second kappa shape index (κ2) is 7.15. The van der Waals surface area contributed by atoms with Gasteiger partial charge in [0.05, 0.1) is 28.1 Å². The zero-order valence-electron chi connectivity index (χ0n) is 12.4. The van der Waals surface area contributed by atoms with E-state index in [-0.39, 0.29) is 5.91 Å². The van der Waals surface area contributed by atoms with Gasteiger partial charge in [-0.05, 0) is 31.4 Å². The lowest BCUT2D eigenvalue weighted by Crippen LogP contribution is -2.36. The molecule has 0 radical (unpaired) electrons. The van der Waals surface area contributed by atoms with Crippen LogP contribution in [-0.2, 0) is 0 Å². The van der Waals surface area contributed by atoms with E-state index < -0.39 is 0 Å². The van der Waals surface area contributed by atoms with Gasteiger partial charge >= 0.3 is 0 Å². The summed E-state index contributed by atoms with van der Waals surface area (Å²) in [7, 11) is 0. The van der Waals surface area contributed by atoms with Crippen LogP contribution in [0, 0.1) is 0 Å². The largest absolute Gasteiger partial charge is 0.338 e. The first-order valence-corrected chi connectivity index (χ1v) is 8.23. The van der Waals surface area contributed by atoms with Gasteiger partial charge in [0.25, 0.3) is 5.91 Å². The summed E-state index contributed by atoms with van der Waals surface area (Å²) < 4.78 is 0. The molecule has 0 bridgehead atoms. The average Bonchev–Trinajstić information content (AvgIpc) is 2.60. The van der Waals surface area contributed by atoms with E-state index >= 15 is 0 Å². The topological polar surface area (TPSA) is 58.1 Å². The van der Waals surface area contributed by atoms with Gasteiger partial charge in [-0.25, -0.2) is 9.97 Å². The van der Waals surface area contributed by atoms with Gasteiger partial charge in [0.2, 0.25) is 0 Å². The van der Waals surface area contributed by atoms with Crippen LogP contribution in [-0.4, -0.2) is 33.9 Å². The fraction of sp³-hybridized carbons (Fsp3) is 0.312. The van der Waals surface area contributed by atoms with Crippen LogP contribution < -0.4 is 5.32 Å². The maximum Gasteiger partial charge on any atom is 0.274 e. The number of carbonyl (C=O) groups excluding carboxylic acids is 1. The Morgan fingerprint density at radius 2 is 1.87 bits per heavy atom. The molecule has 1 aliphatic heterocycles. The lowest BCUT2D eigenvalue weighted by Gasteiger charge is -2.26. The molecule has 7 heteroatoms. The Morgan fingerprint density at radius 3 is 2.57 bits per heavy atom. The normalized spacial score (nSPS) is 14.6. The van der Waals surface area contributed by atoms with Gasteiger partial charge < -0.3 is 10.2 Å². The molecule has 1 aromatic heterocycles. The monoisotopic (exact) mass is 350 g/mol. The van der Waals surface area contributed by atoms with Crippen LogP contribution in [0.3, 0.4) is 0 Å². The summed E-state index contributed by atoms with van der Waals surface area (Å²) in [5.74, 6) is 0.439. The number of piperidine rings is 1. The predicted octanol–water partition coefficient (Wildman–Crippen LogP) is 4.15. The molecule has 1 aromatic carbocycles. The molecule has 0 atom stereocenters. The number of benzene rings is 1. The molecule has 0 saturated carbocycles. The molecular weight excluding hydrogens is 335 g/mol. The van der Waals surface area contributed by atoms with Crippen LogP contribution in [0.4, 0.5) is 11.5 Å². The van der Waals surface area contributed by atoms with E-state index in [2.05, 4.69) is 15.3 Å². The molecule has 120 valence electrons. The highest BCUT2D eigenvalue weighted by atomic mass is 35.5. The van der Waals surface area contributed by atoms with E-state index in [1.54, 1.807) is 18.2 Å². The summed E-state index contributed by atoms with van der Waals surface area (Å²) >= 11 is 12.1. The van der Waals surface area contributed by atoms with Crippen LogP contribution in [0.15, 0.2) is 30.6 Å². The molecule has 3 rings (SSSR count). The number of rotatable bonds is 3. The highest BCUT2D eigenvalue weighted by Crippen LogP contribution is 2.31. The van der Waals surface area contributed by atoms with Gasteiger partial charge in [0, 0.05) is 13.1 Å². The first kappa shape index (κ1) is 16.0. The van der Waals surface area contributed by atoms with Crippen molar-refractivity contribution in [2.24, 2.45) is 0 Å². The number of anilines is 2. The van der Waals surface area contributed by atoms with Crippen molar-refractivity contribution in [3.8, 4) is 0 Å². The zero-order valence-corrected chi connectivity index (χ0v) is 13.9. The maximum atomic E-state index is 12.3. The lowest BCUT2D eigenvalue weighted by molar-refractivity contribution is 0.0718. The van der Waals surface area contributed by atoms with Crippen molar-refractivity contribution in [3.05, 3.63) is 46.3 Å². The van der Waals surface area contributed by atoms with E-state index in [0.29, 0.717) is 27.2 Å². The van der Waals surface area contributed by atoms with Crippen molar-refractivity contribution in [2.45, 2.75) is 19.3 Å². The zero-order chi connectivity index (χ0) is 16.2. The first-order valence-electron chi connectivity index (χ1n) is 7.47.